The fourth-order valence-electron chi connectivity index (χ4n) is 2.95. The highest BCUT2D eigenvalue weighted by atomic mass is 16.5. The quantitative estimate of drug-likeness (QED) is 0.802. The number of amides is 1. The van der Waals surface area contributed by atoms with Gasteiger partial charge >= 0.3 is 0 Å². The van der Waals surface area contributed by atoms with Gasteiger partial charge in [0.05, 0.1) is 43.3 Å². The number of nitrogens with zero attached hydrogens (tertiary/aromatic N) is 3. The maximum absolute atomic E-state index is 12.5. The molecule has 0 unspecified atom stereocenters. The van der Waals surface area contributed by atoms with Gasteiger partial charge in [-0.2, -0.15) is 5.10 Å². The van der Waals surface area contributed by atoms with Crippen molar-refractivity contribution in [1.82, 2.24) is 20.1 Å². The molecule has 2 aromatic heterocycles. The standard InChI is InChI=1S/C18H16N4O2/c1-24-14-6-4-12(5-7-14)17-13(9-20-21-17)10-22-11-16-15(18(22)23)3-2-8-19-16/h2-9H,10-11H2,1H3,(H,20,21). The van der Waals surface area contributed by atoms with Gasteiger partial charge in [0.15, 0.2) is 0 Å². The second-order valence-corrected chi connectivity index (χ2v) is 5.66. The van der Waals surface area contributed by atoms with E-state index in [4.69, 9.17) is 4.74 Å². The van der Waals surface area contributed by atoms with Gasteiger partial charge in [-0.15, -0.1) is 0 Å². The monoisotopic (exact) mass is 320 g/mol. The molecule has 6 nitrogen and oxygen atoms in total. The smallest absolute Gasteiger partial charge is 0.256 e. The molecule has 3 aromatic rings. The van der Waals surface area contributed by atoms with E-state index in [1.54, 1.807) is 30.5 Å². The molecule has 0 bridgehead atoms. The zero-order chi connectivity index (χ0) is 16.5. The van der Waals surface area contributed by atoms with Crippen LogP contribution in [0.25, 0.3) is 11.3 Å². The molecular weight excluding hydrogens is 304 g/mol. The number of fused-ring (bicyclic) bond motifs is 1. The number of methoxy groups -OCH3 is 1. The number of carbonyl (C=O) groups is 1. The van der Waals surface area contributed by atoms with Crippen LogP contribution in [0.15, 0.2) is 48.8 Å². The Morgan fingerprint density at radius 2 is 2.08 bits per heavy atom. The molecule has 1 aliphatic heterocycles. The summed E-state index contributed by atoms with van der Waals surface area (Å²) in [5.74, 6) is 0.816. The third-order valence-corrected chi connectivity index (χ3v) is 4.21. The highest BCUT2D eigenvalue weighted by Crippen LogP contribution is 2.27. The number of carbonyl (C=O) groups excluding carboxylic acids is 1. The van der Waals surface area contributed by atoms with Crippen LogP contribution < -0.4 is 4.74 Å². The first-order valence-corrected chi connectivity index (χ1v) is 7.66. The number of pyridine rings is 1. The van der Waals surface area contributed by atoms with E-state index < -0.39 is 0 Å². The van der Waals surface area contributed by atoms with E-state index in [2.05, 4.69) is 15.2 Å². The van der Waals surface area contributed by atoms with E-state index in [0.717, 1.165) is 28.3 Å². The summed E-state index contributed by atoms with van der Waals surface area (Å²) < 4.78 is 5.19. The molecule has 1 amide bonds. The number of H-pyrrole nitrogens is 1. The molecule has 3 heterocycles. The van der Waals surface area contributed by atoms with Crippen molar-refractivity contribution in [3.05, 3.63) is 65.6 Å². The number of hydrogen-bond donors (Lipinski definition) is 1. The fourth-order valence-corrected chi connectivity index (χ4v) is 2.95. The van der Waals surface area contributed by atoms with Gasteiger partial charge in [0.2, 0.25) is 0 Å². The minimum absolute atomic E-state index is 0.0139. The molecule has 0 radical (unpaired) electrons. The van der Waals surface area contributed by atoms with E-state index in [9.17, 15) is 4.79 Å². The van der Waals surface area contributed by atoms with Crippen molar-refractivity contribution in [3.63, 3.8) is 0 Å². The van der Waals surface area contributed by atoms with Crippen molar-refractivity contribution in [3.8, 4) is 17.0 Å². The molecule has 0 saturated heterocycles. The molecule has 0 saturated carbocycles. The highest BCUT2D eigenvalue weighted by Gasteiger charge is 2.28. The van der Waals surface area contributed by atoms with Crippen LogP contribution >= 0.6 is 0 Å². The Hall–Kier alpha value is -3.15. The molecule has 0 atom stereocenters. The van der Waals surface area contributed by atoms with E-state index in [1.807, 2.05) is 30.3 Å². The van der Waals surface area contributed by atoms with E-state index >= 15 is 0 Å². The van der Waals surface area contributed by atoms with Crippen LogP contribution in [0.3, 0.4) is 0 Å². The Labute approximate surface area is 139 Å². The molecule has 0 fully saturated rings. The molecule has 1 aliphatic rings. The second-order valence-electron chi connectivity index (χ2n) is 5.66. The highest BCUT2D eigenvalue weighted by molar-refractivity contribution is 5.97. The zero-order valence-corrected chi connectivity index (χ0v) is 13.2. The van der Waals surface area contributed by atoms with E-state index in [-0.39, 0.29) is 5.91 Å². The summed E-state index contributed by atoms with van der Waals surface area (Å²) in [4.78, 5) is 18.6. The van der Waals surface area contributed by atoms with Gasteiger partial charge in [-0.1, -0.05) is 0 Å². The summed E-state index contributed by atoms with van der Waals surface area (Å²) in [6, 6.07) is 11.4. The van der Waals surface area contributed by atoms with Crippen molar-refractivity contribution in [2.24, 2.45) is 0 Å². The number of ether oxygens (including phenoxy) is 1. The molecule has 1 aromatic carbocycles. The predicted molar refractivity (Wildman–Crippen MR) is 88.4 cm³/mol. The molecule has 4 rings (SSSR count). The Balaban J connectivity index is 1.59. The van der Waals surface area contributed by atoms with Gasteiger partial charge in [0.1, 0.15) is 5.75 Å². The predicted octanol–water partition coefficient (Wildman–Crippen LogP) is 2.64. The van der Waals surface area contributed by atoms with Gasteiger partial charge < -0.3 is 9.64 Å². The number of hydrogen-bond acceptors (Lipinski definition) is 4. The Bertz CT molecular complexity index is 886. The Morgan fingerprint density at radius 1 is 1.25 bits per heavy atom. The number of nitrogens with one attached hydrogen (secondary N) is 1. The normalized spacial score (nSPS) is 13.2. The van der Waals surface area contributed by atoms with Crippen LogP contribution in [0.4, 0.5) is 0 Å². The molecular formula is C18H16N4O2. The summed E-state index contributed by atoms with van der Waals surface area (Å²) in [5.41, 5.74) is 4.41. The van der Waals surface area contributed by atoms with Gasteiger partial charge in [-0.05, 0) is 36.4 Å². The topological polar surface area (TPSA) is 71.1 Å². The maximum atomic E-state index is 12.5. The maximum Gasteiger partial charge on any atom is 0.256 e. The molecule has 0 aliphatic carbocycles. The van der Waals surface area contributed by atoms with Crippen LogP contribution in [0.1, 0.15) is 21.6 Å². The average molecular weight is 320 g/mol. The molecule has 1 N–H and O–H groups in total. The van der Waals surface area contributed by atoms with Crippen molar-refractivity contribution in [1.29, 1.82) is 0 Å². The third-order valence-electron chi connectivity index (χ3n) is 4.21. The van der Waals surface area contributed by atoms with Crippen LogP contribution in [-0.4, -0.2) is 33.1 Å². The number of aromatic amines is 1. The second kappa shape index (κ2) is 5.81. The van der Waals surface area contributed by atoms with Gasteiger partial charge in [0.25, 0.3) is 5.91 Å². The van der Waals surface area contributed by atoms with Crippen LogP contribution in [-0.2, 0) is 13.1 Å². The SMILES string of the molecule is COc1ccc(-c2[nH]ncc2CN2Cc3ncccc3C2=O)cc1. The summed E-state index contributed by atoms with van der Waals surface area (Å²) in [6.45, 7) is 1.02. The van der Waals surface area contributed by atoms with Crippen molar-refractivity contribution < 1.29 is 9.53 Å². The summed E-state index contributed by atoms with van der Waals surface area (Å²) in [7, 11) is 1.64. The average Bonchev–Trinajstić information content (AvgIpc) is 3.21. The van der Waals surface area contributed by atoms with E-state index in [0.29, 0.717) is 18.7 Å². The molecule has 24 heavy (non-hydrogen) atoms. The molecule has 0 spiro atoms. The Kier molecular flexibility index (Phi) is 3.49. The van der Waals surface area contributed by atoms with Crippen LogP contribution in [0, 0.1) is 0 Å². The summed E-state index contributed by atoms with van der Waals surface area (Å²) in [6.07, 6.45) is 3.49. The first kappa shape index (κ1) is 14.4. The molecule has 6 heteroatoms. The summed E-state index contributed by atoms with van der Waals surface area (Å²) >= 11 is 0. The van der Waals surface area contributed by atoms with Gasteiger partial charge in [0, 0.05) is 17.3 Å². The van der Waals surface area contributed by atoms with Gasteiger partial charge in [-0.3, -0.25) is 14.9 Å². The van der Waals surface area contributed by atoms with Crippen LogP contribution in [0.2, 0.25) is 0 Å². The van der Waals surface area contributed by atoms with Gasteiger partial charge in [-0.25, -0.2) is 0 Å². The summed E-state index contributed by atoms with van der Waals surface area (Å²) in [5, 5.41) is 7.17. The first-order valence-electron chi connectivity index (χ1n) is 7.66. The third kappa shape index (κ3) is 2.42. The lowest BCUT2D eigenvalue weighted by molar-refractivity contribution is 0.0766. The number of rotatable bonds is 4. The zero-order valence-electron chi connectivity index (χ0n) is 13.2. The van der Waals surface area contributed by atoms with Crippen molar-refractivity contribution >= 4 is 5.91 Å². The fraction of sp³-hybridized carbons (Fsp3) is 0.167. The van der Waals surface area contributed by atoms with E-state index in [1.165, 1.54) is 0 Å². The Morgan fingerprint density at radius 3 is 2.83 bits per heavy atom. The van der Waals surface area contributed by atoms with Crippen molar-refractivity contribution in [2.75, 3.05) is 7.11 Å². The first-order chi connectivity index (χ1) is 11.8. The van der Waals surface area contributed by atoms with Crippen LogP contribution in [0.5, 0.6) is 5.75 Å². The lowest BCUT2D eigenvalue weighted by atomic mass is 10.1. The largest absolute Gasteiger partial charge is 0.497 e. The number of benzene rings is 1. The minimum Gasteiger partial charge on any atom is -0.497 e. The lowest BCUT2D eigenvalue weighted by Gasteiger charge is -2.15. The number of aromatic nitrogens is 3. The van der Waals surface area contributed by atoms with Crippen molar-refractivity contribution in [2.45, 2.75) is 13.1 Å². The lowest BCUT2D eigenvalue weighted by Crippen LogP contribution is -2.23. The molecule has 120 valence electrons. The minimum atomic E-state index is 0.0139.